The van der Waals surface area contributed by atoms with E-state index in [9.17, 15) is 22.4 Å². The number of hydrogen-bond acceptors (Lipinski definition) is 2. The van der Waals surface area contributed by atoms with Gasteiger partial charge in [0.25, 0.3) is 5.91 Å². The molecule has 9 heteroatoms. The highest BCUT2D eigenvalue weighted by Gasteiger charge is 2.50. The average molecular weight is 464 g/mol. The molecule has 3 rings (SSSR count). The van der Waals surface area contributed by atoms with Gasteiger partial charge in [-0.25, -0.2) is 9.24 Å². The number of hydrogen-bond donors (Lipinski definition) is 0. The molecular formula is C23H21F4N3OS. The smallest absolute Gasteiger partial charge is 0.303 e. The maximum absolute atomic E-state index is 14.8. The zero-order chi connectivity index (χ0) is 24.2. The molecule has 4 nitrogen and oxygen atoms in total. The zero-order valence-corrected chi connectivity index (χ0v) is 19.0. The van der Waals surface area contributed by atoms with Crippen molar-refractivity contribution in [1.29, 1.82) is 0 Å². The monoisotopic (exact) mass is 463 g/mol. The van der Waals surface area contributed by atoms with Gasteiger partial charge in [0.15, 0.2) is 10.8 Å². The van der Waals surface area contributed by atoms with Crippen LogP contribution < -0.4 is 9.80 Å². The van der Waals surface area contributed by atoms with E-state index in [1.54, 1.807) is 26.0 Å². The number of rotatable bonds is 2. The van der Waals surface area contributed by atoms with Crippen LogP contribution in [0, 0.1) is 12.4 Å². The Balaban J connectivity index is 2.11. The van der Waals surface area contributed by atoms with E-state index in [-0.39, 0.29) is 10.8 Å². The van der Waals surface area contributed by atoms with Gasteiger partial charge in [0.1, 0.15) is 11.4 Å². The minimum Gasteiger partial charge on any atom is -0.303 e. The first-order chi connectivity index (χ1) is 14.6. The van der Waals surface area contributed by atoms with Gasteiger partial charge in [0, 0.05) is 11.4 Å². The Morgan fingerprint density at radius 3 is 2.09 bits per heavy atom. The molecule has 1 aliphatic heterocycles. The van der Waals surface area contributed by atoms with Gasteiger partial charge in [-0.15, -0.1) is 0 Å². The van der Waals surface area contributed by atoms with Crippen molar-refractivity contribution < 1.29 is 22.4 Å². The Hall–Kier alpha value is -2.99. The van der Waals surface area contributed by atoms with Crippen molar-refractivity contribution in [3.05, 3.63) is 64.8 Å². The van der Waals surface area contributed by atoms with Crippen molar-refractivity contribution in [3.63, 3.8) is 0 Å². The largest absolute Gasteiger partial charge is 0.407 e. The second kappa shape index (κ2) is 7.55. The summed E-state index contributed by atoms with van der Waals surface area (Å²) in [6, 6.07) is 7.51. The number of benzene rings is 2. The lowest BCUT2D eigenvalue weighted by molar-refractivity contribution is -0.136. The first-order valence-corrected chi connectivity index (χ1v) is 10.1. The van der Waals surface area contributed by atoms with Crippen LogP contribution in [0.3, 0.4) is 0 Å². The molecule has 168 valence electrons. The summed E-state index contributed by atoms with van der Waals surface area (Å²) in [5.41, 5.74) is -2.75. The van der Waals surface area contributed by atoms with Crippen molar-refractivity contribution in [2.45, 2.75) is 51.7 Å². The molecule has 0 spiro atoms. The van der Waals surface area contributed by atoms with Gasteiger partial charge in [-0.1, -0.05) is 32.9 Å². The summed E-state index contributed by atoms with van der Waals surface area (Å²) >= 11 is 5.47. The van der Waals surface area contributed by atoms with Crippen molar-refractivity contribution >= 4 is 40.3 Å². The van der Waals surface area contributed by atoms with Crippen LogP contribution in [0.2, 0.25) is 0 Å². The molecule has 0 atom stereocenters. The summed E-state index contributed by atoms with van der Waals surface area (Å²) in [4.78, 5) is 18.5. The minimum absolute atomic E-state index is 0.0772. The van der Waals surface area contributed by atoms with E-state index in [1.165, 1.54) is 17.0 Å². The number of thiocarbonyl (C=S) groups is 1. The lowest BCUT2D eigenvalue weighted by Crippen LogP contribution is -2.44. The van der Waals surface area contributed by atoms with Crippen LogP contribution in [0.15, 0.2) is 36.4 Å². The van der Waals surface area contributed by atoms with Crippen LogP contribution in [0.4, 0.5) is 34.6 Å². The van der Waals surface area contributed by atoms with Crippen molar-refractivity contribution in [1.82, 2.24) is 0 Å². The van der Waals surface area contributed by atoms with Crippen LogP contribution in [-0.2, 0) is 16.4 Å². The van der Waals surface area contributed by atoms with Gasteiger partial charge < -0.3 is 4.90 Å². The molecule has 1 fully saturated rings. The number of anilines is 2. The second-order valence-corrected chi connectivity index (χ2v) is 9.41. The Labute approximate surface area is 189 Å². The molecule has 1 heterocycles. The van der Waals surface area contributed by atoms with Crippen LogP contribution in [0.25, 0.3) is 4.85 Å². The molecule has 0 aliphatic carbocycles. The molecule has 0 saturated carbocycles. The van der Waals surface area contributed by atoms with Crippen molar-refractivity contribution in [3.8, 4) is 0 Å². The zero-order valence-electron chi connectivity index (χ0n) is 18.1. The molecular weight excluding hydrogens is 442 g/mol. The summed E-state index contributed by atoms with van der Waals surface area (Å²) in [7, 11) is 0. The van der Waals surface area contributed by atoms with Crippen LogP contribution in [-0.4, -0.2) is 16.6 Å². The predicted molar refractivity (Wildman–Crippen MR) is 119 cm³/mol. The number of carbonyl (C=O) groups is 1. The Bertz CT molecular complexity index is 1160. The molecule has 1 aliphatic rings. The summed E-state index contributed by atoms with van der Waals surface area (Å²) in [5, 5.41) is -0.0772. The fourth-order valence-electron chi connectivity index (χ4n) is 3.70. The van der Waals surface area contributed by atoms with Gasteiger partial charge in [0.2, 0.25) is 0 Å². The third-order valence-electron chi connectivity index (χ3n) is 5.35. The van der Waals surface area contributed by atoms with Crippen LogP contribution in [0.5, 0.6) is 0 Å². The van der Waals surface area contributed by atoms with E-state index < -0.39 is 40.1 Å². The summed E-state index contributed by atoms with van der Waals surface area (Å²) in [5.74, 6) is -1.04. The van der Waals surface area contributed by atoms with Gasteiger partial charge >= 0.3 is 6.18 Å². The normalized spacial score (nSPS) is 16.5. The fraction of sp³-hybridized carbons (Fsp3) is 0.348. The lowest BCUT2D eigenvalue weighted by Gasteiger charge is -2.30. The first-order valence-electron chi connectivity index (χ1n) is 9.68. The number of carbonyl (C=O) groups excluding carboxylic acids is 1. The van der Waals surface area contributed by atoms with Crippen LogP contribution in [0.1, 0.15) is 45.7 Å². The molecule has 0 aromatic heterocycles. The summed E-state index contributed by atoms with van der Waals surface area (Å²) in [6.45, 7) is 15.7. The SMILES string of the molecule is [C-]#[N+]c1ccc(N2C(=O)C(C)(C)N(c3ccc(C(C)(C)C)c(F)c3)C2=S)cc1C(F)(F)F. The molecule has 1 saturated heterocycles. The van der Waals surface area contributed by atoms with E-state index in [4.69, 9.17) is 18.8 Å². The summed E-state index contributed by atoms with van der Waals surface area (Å²) < 4.78 is 55.2. The summed E-state index contributed by atoms with van der Waals surface area (Å²) in [6.07, 6.45) is -4.78. The third-order valence-corrected chi connectivity index (χ3v) is 5.72. The Kier molecular flexibility index (Phi) is 5.59. The lowest BCUT2D eigenvalue weighted by atomic mass is 9.86. The number of halogens is 4. The molecule has 32 heavy (non-hydrogen) atoms. The first kappa shape index (κ1) is 23.7. The van der Waals surface area contributed by atoms with Gasteiger partial charge in [-0.3, -0.25) is 9.69 Å². The molecule has 0 unspecified atom stereocenters. The fourth-order valence-corrected chi connectivity index (χ4v) is 4.22. The topological polar surface area (TPSA) is 27.9 Å². The Morgan fingerprint density at radius 1 is 1.00 bits per heavy atom. The molecule has 2 aromatic rings. The predicted octanol–water partition coefficient (Wildman–Crippen LogP) is 6.61. The quantitative estimate of drug-likeness (QED) is 0.285. The van der Waals surface area contributed by atoms with E-state index in [1.807, 2.05) is 20.8 Å². The van der Waals surface area contributed by atoms with E-state index in [2.05, 4.69) is 4.85 Å². The molecule has 0 N–H and O–H groups in total. The van der Waals surface area contributed by atoms with E-state index >= 15 is 0 Å². The maximum Gasteiger partial charge on any atom is 0.407 e. The highest BCUT2D eigenvalue weighted by molar-refractivity contribution is 7.81. The highest BCUT2D eigenvalue weighted by atomic mass is 32.1. The van der Waals surface area contributed by atoms with E-state index in [0.717, 1.165) is 17.0 Å². The van der Waals surface area contributed by atoms with Crippen molar-refractivity contribution in [2.75, 3.05) is 9.80 Å². The number of alkyl halides is 3. The maximum atomic E-state index is 14.8. The number of amides is 1. The van der Waals surface area contributed by atoms with Gasteiger partial charge in [-0.05, 0) is 61.3 Å². The Morgan fingerprint density at radius 2 is 1.59 bits per heavy atom. The molecule has 0 bridgehead atoms. The van der Waals surface area contributed by atoms with Gasteiger partial charge in [0.05, 0.1) is 12.1 Å². The second-order valence-electron chi connectivity index (χ2n) is 9.04. The van der Waals surface area contributed by atoms with Crippen molar-refractivity contribution in [2.24, 2.45) is 0 Å². The standard InChI is InChI=1S/C23H21F4N3OS/c1-21(2,3)15-9-7-14(12-17(15)24)30-20(32)29(19(31)22(30,4)5)13-8-10-18(28-6)16(11-13)23(25,26)27/h7-12H,1-5H3. The highest BCUT2D eigenvalue weighted by Crippen LogP contribution is 2.42. The average Bonchev–Trinajstić information content (AvgIpc) is 2.83. The molecule has 1 amide bonds. The third kappa shape index (κ3) is 3.84. The van der Waals surface area contributed by atoms with Crippen LogP contribution >= 0.6 is 12.2 Å². The van der Waals surface area contributed by atoms with E-state index in [0.29, 0.717) is 11.3 Å². The minimum atomic E-state index is -4.78. The van der Waals surface area contributed by atoms with Gasteiger partial charge in [-0.2, -0.15) is 13.2 Å². The molecule has 2 aromatic carbocycles. The number of nitrogens with zero attached hydrogens (tertiary/aromatic N) is 3. The molecule has 0 radical (unpaired) electrons.